The Morgan fingerprint density at radius 1 is 1.31 bits per heavy atom. The highest BCUT2D eigenvalue weighted by Gasteiger charge is 2.00. The lowest BCUT2D eigenvalue weighted by Crippen LogP contribution is -2.05. The molecule has 3 heteroatoms. The number of ether oxygens (including phenoxy) is 2. The van der Waals surface area contributed by atoms with Crippen LogP contribution in [-0.4, -0.2) is 20.3 Å². The van der Waals surface area contributed by atoms with E-state index in [4.69, 9.17) is 9.47 Å². The number of rotatable bonds is 4. The van der Waals surface area contributed by atoms with Crippen LogP contribution in [0.1, 0.15) is 5.56 Å². The van der Waals surface area contributed by atoms with Gasteiger partial charge in [0.2, 0.25) is 0 Å². The maximum Gasteiger partial charge on any atom is 0.126 e. The van der Waals surface area contributed by atoms with E-state index in [0.717, 1.165) is 5.56 Å². The summed E-state index contributed by atoms with van der Waals surface area (Å²) in [5, 5.41) is 0. The maximum atomic E-state index is 12.7. The predicted molar refractivity (Wildman–Crippen MR) is 48.5 cm³/mol. The Kier molecular flexibility index (Phi) is 3.71. The van der Waals surface area contributed by atoms with Crippen molar-refractivity contribution in [1.82, 2.24) is 0 Å². The summed E-state index contributed by atoms with van der Waals surface area (Å²) < 4.78 is 22.9. The first kappa shape index (κ1) is 9.99. The van der Waals surface area contributed by atoms with Gasteiger partial charge in [-0.15, -0.1) is 0 Å². The first-order chi connectivity index (χ1) is 6.24. The molecule has 1 rings (SSSR count). The molecular formula is C10H13FO2. The van der Waals surface area contributed by atoms with Crippen molar-refractivity contribution in [2.75, 3.05) is 20.3 Å². The lowest BCUT2D eigenvalue weighted by Gasteiger charge is -2.07. The van der Waals surface area contributed by atoms with Crippen LogP contribution in [0, 0.1) is 12.7 Å². The molecule has 0 spiro atoms. The third kappa shape index (κ3) is 3.03. The van der Waals surface area contributed by atoms with Crippen LogP contribution in [-0.2, 0) is 4.74 Å². The molecule has 0 fully saturated rings. The zero-order valence-corrected chi connectivity index (χ0v) is 7.84. The van der Waals surface area contributed by atoms with Crippen molar-refractivity contribution in [3.05, 3.63) is 29.6 Å². The smallest absolute Gasteiger partial charge is 0.126 e. The Morgan fingerprint density at radius 2 is 2.08 bits per heavy atom. The second kappa shape index (κ2) is 4.82. The summed E-state index contributed by atoms with van der Waals surface area (Å²) in [7, 11) is 1.60. The Bertz CT molecular complexity index is 274. The van der Waals surface area contributed by atoms with Gasteiger partial charge in [-0.1, -0.05) is 6.07 Å². The van der Waals surface area contributed by atoms with Gasteiger partial charge in [-0.25, -0.2) is 4.39 Å². The van der Waals surface area contributed by atoms with Crippen LogP contribution >= 0.6 is 0 Å². The van der Waals surface area contributed by atoms with Gasteiger partial charge in [-0.05, 0) is 18.6 Å². The van der Waals surface area contributed by atoms with Crippen LogP contribution < -0.4 is 4.74 Å². The summed E-state index contributed by atoms with van der Waals surface area (Å²) in [6, 6.07) is 4.49. The van der Waals surface area contributed by atoms with E-state index in [1.165, 1.54) is 12.1 Å². The van der Waals surface area contributed by atoms with Crippen LogP contribution in [0.3, 0.4) is 0 Å². The minimum absolute atomic E-state index is 0.280. The molecule has 0 bridgehead atoms. The average molecular weight is 184 g/mol. The van der Waals surface area contributed by atoms with Crippen LogP contribution in [0.5, 0.6) is 5.75 Å². The van der Waals surface area contributed by atoms with E-state index in [1.807, 2.05) is 6.92 Å². The van der Waals surface area contributed by atoms with Crippen LogP contribution in [0.2, 0.25) is 0 Å². The van der Waals surface area contributed by atoms with Crippen LogP contribution in [0.15, 0.2) is 18.2 Å². The van der Waals surface area contributed by atoms with E-state index < -0.39 is 0 Å². The fourth-order valence-electron chi connectivity index (χ4n) is 0.964. The first-order valence-corrected chi connectivity index (χ1v) is 4.12. The number of hydrogen-bond acceptors (Lipinski definition) is 2. The molecule has 0 unspecified atom stereocenters. The Balaban J connectivity index is 2.59. The van der Waals surface area contributed by atoms with Gasteiger partial charge in [0.1, 0.15) is 18.2 Å². The largest absolute Gasteiger partial charge is 0.491 e. The zero-order chi connectivity index (χ0) is 9.68. The van der Waals surface area contributed by atoms with Crippen molar-refractivity contribution in [3.8, 4) is 5.75 Å². The molecule has 13 heavy (non-hydrogen) atoms. The molecule has 0 aliphatic rings. The fourth-order valence-corrected chi connectivity index (χ4v) is 0.964. The monoisotopic (exact) mass is 184 g/mol. The number of hydrogen-bond donors (Lipinski definition) is 0. The Hall–Kier alpha value is -1.09. The highest BCUT2D eigenvalue weighted by Crippen LogP contribution is 2.18. The molecular weight excluding hydrogens is 171 g/mol. The van der Waals surface area contributed by atoms with E-state index in [9.17, 15) is 4.39 Å². The van der Waals surface area contributed by atoms with Gasteiger partial charge < -0.3 is 9.47 Å². The lowest BCUT2D eigenvalue weighted by atomic mass is 10.2. The molecule has 0 atom stereocenters. The van der Waals surface area contributed by atoms with Crippen LogP contribution in [0.4, 0.5) is 4.39 Å². The summed E-state index contributed by atoms with van der Waals surface area (Å²) in [5.74, 6) is 0.301. The number of methoxy groups -OCH3 is 1. The molecule has 0 aliphatic heterocycles. The SMILES string of the molecule is COCCOc1cc(F)ccc1C. The normalized spacial score (nSPS) is 10.1. The van der Waals surface area contributed by atoms with Gasteiger partial charge in [-0.2, -0.15) is 0 Å². The summed E-state index contributed by atoms with van der Waals surface area (Å²) in [6.07, 6.45) is 0. The number of aryl methyl sites for hydroxylation is 1. The van der Waals surface area contributed by atoms with E-state index >= 15 is 0 Å². The topological polar surface area (TPSA) is 18.5 Å². The van der Waals surface area contributed by atoms with E-state index in [2.05, 4.69) is 0 Å². The second-order valence-corrected chi connectivity index (χ2v) is 2.75. The Morgan fingerprint density at radius 3 is 2.77 bits per heavy atom. The molecule has 0 heterocycles. The van der Waals surface area contributed by atoms with E-state index in [1.54, 1.807) is 13.2 Å². The standard InChI is InChI=1S/C10H13FO2/c1-8-3-4-9(11)7-10(8)13-6-5-12-2/h3-4,7H,5-6H2,1-2H3. The summed E-state index contributed by atoms with van der Waals surface area (Å²) in [4.78, 5) is 0. The minimum atomic E-state index is -0.280. The molecule has 2 nitrogen and oxygen atoms in total. The Labute approximate surface area is 77.3 Å². The average Bonchev–Trinajstić information content (AvgIpc) is 2.11. The van der Waals surface area contributed by atoms with Gasteiger partial charge in [0, 0.05) is 13.2 Å². The molecule has 1 aromatic carbocycles. The molecule has 0 amide bonds. The third-order valence-corrected chi connectivity index (χ3v) is 1.70. The van der Waals surface area contributed by atoms with Gasteiger partial charge in [-0.3, -0.25) is 0 Å². The van der Waals surface area contributed by atoms with Gasteiger partial charge in [0.25, 0.3) is 0 Å². The van der Waals surface area contributed by atoms with Crippen molar-refractivity contribution in [1.29, 1.82) is 0 Å². The van der Waals surface area contributed by atoms with Crippen molar-refractivity contribution in [2.24, 2.45) is 0 Å². The quantitative estimate of drug-likeness (QED) is 0.667. The van der Waals surface area contributed by atoms with Gasteiger partial charge in [0.05, 0.1) is 6.61 Å². The summed E-state index contributed by atoms with van der Waals surface area (Å²) in [5.41, 5.74) is 0.928. The molecule has 72 valence electrons. The fraction of sp³-hybridized carbons (Fsp3) is 0.400. The maximum absolute atomic E-state index is 12.7. The summed E-state index contributed by atoms with van der Waals surface area (Å²) in [6.45, 7) is 2.83. The van der Waals surface area contributed by atoms with Crippen molar-refractivity contribution in [3.63, 3.8) is 0 Å². The highest BCUT2D eigenvalue weighted by molar-refractivity contribution is 5.32. The molecule has 0 aliphatic carbocycles. The van der Waals surface area contributed by atoms with Crippen molar-refractivity contribution >= 4 is 0 Å². The molecule has 0 N–H and O–H groups in total. The van der Waals surface area contributed by atoms with E-state index in [-0.39, 0.29) is 5.82 Å². The second-order valence-electron chi connectivity index (χ2n) is 2.75. The number of benzene rings is 1. The first-order valence-electron chi connectivity index (χ1n) is 4.12. The molecule has 1 aromatic rings. The highest BCUT2D eigenvalue weighted by atomic mass is 19.1. The molecule has 0 radical (unpaired) electrons. The van der Waals surface area contributed by atoms with Gasteiger partial charge >= 0.3 is 0 Å². The van der Waals surface area contributed by atoms with E-state index in [0.29, 0.717) is 19.0 Å². The predicted octanol–water partition coefficient (Wildman–Crippen LogP) is 2.16. The molecule has 0 aromatic heterocycles. The minimum Gasteiger partial charge on any atom is -0.491 e. The molecule has 0 saturated heterocycles. The van der Waals surface area contributed by atoms with Crippen molar-refractivity contribution < 1.29 is 13.9 Å². The lowest BCUT2D eigenvalue weighted by molar-refractivity contribution is 0.145. The molecule has 0 saturated carbocycles. The van der Waals surface area contributed by atoms with Gasteiger partial charge in [0.15, 0.2) is 0 Å². The van der Waals surface area contributed by atoms with Crippen molar-refractivity contribution in [2.45, 2.75) is 6.92 Å². The zero-order valence-electron chi connectivity index (χ0n) is 7.84. The summed E-state index contributed by atoms with van der Waals surface area (Å²) >= 11 is 0. The third-order valence-electron chi connectivity index (χ3n) is 1.70. The number of halogens is 1. The van der Waals surface area contributed by atoms with Crippen LogP contribution in [0.25, 0.3) is 0 Å².